The van der Waals surface area contributed by atoms with Gasteiger partial charge in [0.15, 0.2) is 6.10 Å². The number of hydrogen-bond donors (Lipinski definition) is 0. The monoisotopic (exact) mass is 415 g/mol. The third-order valence-electron chi connectivity index (χ3n) is 4.68. The molecule has 3 rings (SSSR count). The van der Waals surface area contributed by atoms with Gasteiger partial charge in [-0.2, -0.15) is 0 Å². The van der Waals surface area contributed by atoms with E-state index in [2.05, 4.69) is 0 Å². The highest BCUT2D eigenvalue weighted by Gasteiger charge is 2.25. The number of aryl methyl sites for hydroxylation is 2. The normalized spacial score (nSPS) is 11.8. The molecular weight excluding hydrogens is 394 g/mol. The number of rotatable bonds is 7. The van der Waals surface area contributed by atoms with Crippen molar-refractivity contribution in [3.63, 3.8) is 0 Å². The third kappa shape index (κ3) is 5.73. The molecule has 0 aromatic heterocycles. The largest absolute Gasteiger partial charge is 0.446 e. The van der Waals surface area contributed by atoms with Crippen molar-refractivity contribution in [2.75, 3.05) is 0 Å². The topological polar surface area (TPSA) is 86.5 Å². The molecule has 0 radical (unpaired) electrons. The van der Waals surface area contributed by atoms with Crippen molar-refractivity contribution in [3.05, 3.63) is 117 Å². The van der Waals surface area contributed by atoms with E-state index >= 15 is 0 Å². The van der Waals surface area contributed by atoms with Gasteiger partial charge in [0.05, 0.1) is 4.92 Å². The van der Waals surface area contributed by atoms with Gasteiger partial charge in [0, 0.05) is 29.3 Å². The Morgan fingerprint density at radius 2 is 1.55 bits per heavy atom. The van der Waals surface area contributed by atoms with Crippen molar-refractivity contribution in [2.45, 2.75) is 20.0 Å². The van der Waals surface area contributed by atoms with E-state index in [-0.39, 0.29) is 11.5 Å². The lowest BCUT2D eigenvalue weighted by molar-refractivity contribution is -0.384. The quantitative estimate of drug-likeness (QED) is 0.170. The summed E-state index contributed by atoms with van der Waals surface area (Å²) in [5.74, 6) is -1.06. The Bertz CT molecular complexity index is 1130. The molecule has 0 aliphatic carbocycles. The van der Waals surface area contributed by atoms with Crippen LogP contribution >= 0.6 is 0 Å². The van der Waals surface area contributed by atoms with Gasteiger partial charge in [0.25, 0.3) is 5.69 Å². The third-order valence-corrected chi connectivity index (χ3v) is 4.68. The van der Waals surface area contributed by atoms with E-state index in [1.807, 2.05) is 38.1 Å². The molecule has 31 heavy (non-hydrogen) atoms. The second-order valence-corrected chi connectivity index (χ2v) is 7.14. The summed E-state index contributed by atoms with van der Waals surface area (Å²) in [6, 6.07) is 20.1. The molecule has 6 nitrogen and oxygen atoms in total. The number of Topliss-reactive ketones (excluding diaryl/α,β-unsaturated/α-hetero) is 1. The zero-order valence-corrected chi connectivity index (χ0v) is 17.1. The Hall–Kier alpha value is -4.06. The van der Waals surface area contributed by atoms with Crippen LogP contribution in [-0.4, -0.2) is 16.7 Å². The van der Waals surface area contributed by atoms with E-state index < -0.39 is 17.0 Å². The summed E-state index contributed by atoms with van der Waals surface area (Å²) in [5, 5.41) is 10.9. The Balaban J connectivity index is 1.84. The number of nitro benzene ring substituents is 1. The maximum absolute atomic E-state index is 13.1. The maximum Gasteiger partial charge on any atom is 0.331 e. The summed E-state index contributed by atoms with van der Waals surface area (Å²) in [7, 11) is 0. The van der Waals surface area contributed by atoms with Crippen molar-refractivity contribution in [1.82, 2.24) is 0 Å². The Kier molecular flexibility index (Phi) is 6.72. The van der Waals surface area contributed by atoms with Crippen LogP contribution in [0.15, 0.2) is 78.9 Å². The molecule has 0 bridgehead atoms. The van der Waals surface area contributed by atoms with Gasteiger partial charge in [-0.15, -0.1) is 0 Å². The van der Waals surface area contributed by atoms with Crippen molar-refractivity contribution in [1.29, 1.82) is 0 Å². The summed E-state index contributed by atoms with van der Waals surface area (Å²) in [6.07, 6.45) is 1.46. The highest BCUT2D eigenvalue weighted by molar-refractivity contribution is 6.01. The minimum absolute atomic E-state index is 0.0809. The first-order valence-corrected chi connectivity index (χ1v) is 9.64. The number of carbonyl (C=O) groups is 2. The Morgan fingerprint density at radius 3 is 2.16 bits per heavy atom. The van der Waals surface area contributed by atoms with Gasteiger partial charge in [-0.1, -0.05) is 71.8 Å². The molecule has 1 atom stereocenters. The van der Waals surface area contributed by atoms with Gasteiger partial charge in [-0.05, 0) is 25.5 Å². The lowest BCUT2D eigenvalue weighted by Crippen LogP contribution is -2.19. The molecule has 0 saturated carbocycles. The first kappa shape index (κ1) is 21.6. The number of esters is 1. The zero-order valence-electron chi connectivity index (χ0n) is 17.1. The molecule has 0 unspecified atom stereocenters. The molecule has 156 valence electrons. The standard InChI is InChI=1S/C25H21NO5/c1-17-6-11-20(12-7-17)24(28)25(21-13-8-18(2)9-14-21)31-23(27)15-10-19-4-3-5-22(16-19)26(29)30/h3-16,25H,1-2H3/b15-10+/t25-/m1/s1. The van der Waals surface area contributed by atoms with E-state index in [1.165, 1.54) is 24.3 Å². The van der Waals surface area contributed by atoms with Crippen molar-refractivity contribution >= 4 is 23.5 Å². The fourth-order valence-electron chi connectivity index (χ4n) is 2.95. The van der Waals surface area contributed by atoms with Gasteiger partial charge in [-0.3, -0.25) is 14.9 Å². The van der Waals surface area contributed by atoms with E-state index in [0.717, 1.165) is 17.2 Å². The smallest absolute Gasteiger partial charge is 0.331 e. The number of benzene rings is 3. The summed E-state index contributed by atoms with van der Waals surface area (Å²) in [5.41, 5.74) is 3.42. The van der Waals surface area contributed by atoms with Gasteiger partial charge in [0.1, 0.15) is 0 Å². The first-order chi connectivity index (χ1) is 14.8. The van der Waals surface area contributed by atoms with Crippen LogP contribution in [0.4, 0.5) is 5.69 Å². The van der Waals surface area contributed by atoms with Crippen molar-refractivity contribution in [3.8, 4) is 0 Å². The lowest BCUT2D eigenvalue weighted by atomic mass is 9.98. The summed E-state index contributed by atoms with van der Waals surface area (Å²) < 4.78 is 5.51. The fraction of sp³-hybridized carbons (Fsp3) is 0.120. The highest BCUT2D eigenvalue weighted by Crippen LogP contribution is 2.24. The number of ketones is 1. The average Bonchev–Trinajstić information content (AvgIpc) is 2.77. The van der Waals surface area contributed by atoms with Crippen LogP contribution in [-0.2, 0) is 9.53 Å². The highest BCUT2D eigenvalue weighted by atomic mass is 16.6. The van der Waals surface area contributed by atoms with Crippen molar-refractivity contribution in [2.24, 2.45) is 0 Å². The second-order valence-electron chi connectivity index (χ2n) is 7.14. The molecule has 0 aliphatic rings. The second kappa shape index (κ2) is 9.63. The van der Waals surface area contributed by atoms with Gasteiger partial charge < -0.3 is 4.74 Å². The minimum Gasteiger partial charge on any atom is -0.446 e. The Labute approximate surface area is 180 Å². The van der Waals surface area contributed by atoms with Crippen molar-refractivity contribution < 1.29 is 19.2 Å². The molecule has 3 aromatic rings. The van der Waals surface area contributed by atoms with Gasteiger partial charge >= 0.3 is 5.97 Å². The van der Waals surface area contributed by atoms with E-state index in [0.29, 0.717) is 16.7 Å². The number of non-ortho nitro benzene ring substituents is 1. The number of carbonyl (C=O) groups excluding carboxylic acids is 2. The molecular formula is C25H21NO5. The van der Waals surface area contributed by atoms with Crippen LogP contribution in [0.3, 0.4) is 0 Å². The maximum atomic E-state index is 13.1. The molecule has 0 aliphatic heterocycles. The number of hydrogen-bond acceptors (Lipinski definition) is 5. The fourth-order valence-corrected chi connectivity index (χ4v) is 2.95. The summed E-state index contributed by atoms with van der Waals surface area (Å²) in [4.78, 5) is 36.0. The molecule has 0 heterocycles. The molecule has 3 aromatic carbocycles. The number of ether oxygens (including phenoxy) is 1. The molecule has 0 fully saturated rings. The van der Waals surface area contributed by atoms with Crippen LogP contribution in [0, 0.1) is 24.0 Å². The predicted molar refractivity (Wildman–Crippen MR) is 118 cm³/mol. The van der Waals surface area contributed by atoms with Crippen LogP contribution < -0.4 is 0 Å². The van der Waals surface area contributed by atoms with Crippen LogP contribution in [0.1, 0.15) is 38.7 Å². The van der Waals surface area contributed by atoms with E-state index in [9.17, 15) is 19.7 Å². The van der Waals surface area contributed by atoms with Gasteiger partial charge in [0.2, 0.25) is 5.78 Å². The predicted octanol–water partition coefficient (Wildman–Crippen LogP) is 5.39. The number of nitrogens with zero attached hydrogens (tertiary/aromatic N) is 1. The minimum atomic E-state index is -1.11. The lowest BCUT2D eigenvalue weighted by Gasteiger charge is -2.17. The molecule has 0 N–H and O–H groups in total. The van der Waals surface area contributed by atoms with Crippen LogP contribution in [0.2, 0.25) is 0 Å². The molecule has 0 amide bonds. The van der Waals surface area contributed by atoms with E-state index in [4.69, 9.17) is 4.74 Å². The van der Waals surface area contributed by atoms with E-state index in [1.54, 1.807) is 30.3 Å². The molecule has 0 spiro atoms. The van der Waals surface area contributed by atoms with Gasteiger partial charge in [-0.25, -0.2) is 4.79 Å². The summed E-state index contributed by atoms with van der Waals surface area (Å²) >= 11 is 0. The van der Waals surface area contributed by atoms with Crippen LogP contribution in [0.25, 0.3) is 6.08 Å². The molecule has 6 heteroatoms. The van der Waals surface area contributed by atoms with Crippen LogP contribution in [0.5, 0.6) is 0 Å². The summed E-state index contributed by atoms with van der Waals surface area (Å²) in [6.45, 7) is 3.85. The zero-order chi connectivity index (χ0) is 22.4. The first-order valence-electron chi connectivity index (χ1n) is 9.64. The SMILES string of the molecule is Cc1ccc(C(=O)[C@H](OC(=O)/C=C/c2cccc([N+](=O)[O-])c2)c2ccc(C)cc2)cc1. The number of nitro groups is 1. The average molecular weight is 415 g/mol. The molecule has 0 saturated heterocycles. The Morgan fingerprint density at radius 1 is 0.935 bits per heavy atom.